The van der Waals surface area contributed by atoms with E-state index in [4.69, 9.17) is 44.9 Å². The summed E-state index contributed by atoms with van der Waals surface area (Å²) in [5.41, 5.74) is 8.74. The zero-order valence-corrected chi connectivity index (χ0v) is 35.8. The summed E-state index contributed by atoms with van der Waals surface area (Å²) in [5, 5.41) is 53.5. The lowest BCUT2D eigenvalue weighted by atomic mass is 10.0. The zero-order valence-electron chi connectivity index (χ0n) is 35.0. The van der Waals surface area contributed by atoms with Gasteiger partial charge in [-0.1, -0.05) is 35.5 Å². The van der Waals surface area contributed by atoms with Crippen molar-refractivity contribution in [3.8, 4) is 74.8 Å². The fourth-order valence-electron chi connectivity index (χ4n) is 5.84. The average molecular weight is 881 g/mol. The van der Waals surface area contributed by atoms with Gasteiger partial charge in [0.2, 0.25) is 17.6 Å². The maximum absolute atomic E-state index is 9.19. The fourth-order valence-corrected chi connectivity index (χ4v) is 6.07. The Hall–Kier alpha value is -6.29. The summed E-state index contributed by atoms with van der Waals surface area (Å²) >= 11 is 6.27. The number of nitrogens with two attached hydrogens (primary N) is 1. The second kappa shape index (κ2) is 22.2. The number of rotatable bonds is 18. The highest BCUT2D eigenvalue weighted by Crippen LogP contribution is 2.34. The van der Waals surface area contributed by atoms with Crippen LogP contribution in [0.2, 0.25) is 5.02 Å². The van der Waals surface area contributed by atoms with Gasteiger partial charge in [0.1, 0.15) is 22.6 Å². The van der Waals surface area contributed by atoms with Gasteiger partial charge in [0.15, 0.2) is 11.5 Å². The highest BCUT2D eigenvalue weighted by molar-refractivity contribution is 6.32. The lowest BCUT2D eigenvalue weighted by Crippen LogP contribution is -2.45. The molecule has 0 saturated carbocycles. The average Bonchev–Trinajstić information content (AvgIpc) is 4.10. The molecule has 7 N–H and O–H groups in total. The largest absolute Gasteiger partial charge is 0.492 e. The van der Waals surface area contributed by atoms with Crippen molar-refractivity contribution in [3.05, 3.63) is 101 Å². The Labute approximate surface area is 368 Å². The number of halogens is 1. The van der Waals surface area contributed by atoms with Crippen molar-refractivity contribution in [3.63, 3.8) is 0 Å². The van der Waals surface area contributed by atoms with Crippen LogP contribution in [-0.4, -0.2) is 98.6 Å². The molecule has 330 valence electrons. The van der Waals surface area contributed by atoms with Crippen LogP contribution in [0.15, 0.2) is 98.3 Å². The number of aliphatic hydroxyl groups is 4. The van der Waals surface area contributed by atoms with Crippen molar-refractivity contribution in [2.45, 2.75) is 45.3 Å². The van der Waals surface area contributed by atoms with Crippen molar-refractivity contribution in [1.29, 1.82) is 0 Å². The molecule has 4 aromatic carbocycles. The van der Waals surface area contributed by atoms with E-state index < -0.39 is 24.8 Å². The van der Waals surface area contributed by atoms with Gasteiger partial charge in [-0.3, -0.25) is 0 Å². The van der Waals surface area contributed by atoms with E-state index in [-0.39, 0.29) is 13.2 Å². The predicted molar refractivity (Wildman–Crippen MR) is 236 cm³/mol. The molecule has 7 aromatic rings. The second-order valence-corrected chi connectivity index (χ2v) is 14.5. The number of furan rings is 1. The molecule has 3 heterocycles. The summed E-state index contributed by atoms with van der Waals surface area (Å²) in [5.74, 6) is 9.65. The van der Waals surface area contributed by atoms with Gasteiger partial charge < -0.3 is 59.0 Å². The second-order valence-electron chi connectivity index (χ2n) is 14.1. The van der Waals surface area contributed by atoms with Crippen LogP contribution in [-0.2, 0) is 6.54 Å². The number of nitrogens with one attached hydrogen (secondary N) is 1. The molecule has 0 unspecified atom stereocenters. The first-order valence-electron chi connectivity index (χ1n) is 20.2. The van der Waals surface area contributed by atoms with Crippen LogP contribution in [0.4, 0.5) is 0 Å². The number of fused-ring (bicyclic) bond motifs is 1. The van der Waals surface area contributed by atoms with Gasteiger partial charge in [0.25, 0.3) is 5.89 Å². The first-order valence-corrected chi connectivity index (χ1v) is 20.6. The smallest absolute Gasteiger partial charge is 0.258 e. The molecule has 0 spiro atoms. The van der Waals surface area contributed by atoms with E-state index in [2.05, 4.69) is 37.5 Å². The Kier molecular flexibility index (Phi) is 16.3. The van der Waals surface area contributed by atoms with Crippen molar-refractivity contribution >= 4 is 22.6 Å². The van der Waals surface area contributed by atoms with Crippen LogP contribution < -0.4 is 25.3 Å². The highest BCUT2D eigenvalue weighted by Gasteiger charge is 2.20. The summed E-state index contributed by atoms with van der Waals surface area (Å²) in [7, 11) is 0. The molecule has 0 aliphatic carbocycles. The van der Waals surface area contributed by atoms with Crippen molar-refractivity contribution in [1.82, 2.24) is 25.7 Å². The number of hydrogen-bond acceptors (Lipinski definition) is 16. The third-order valence-electron chi connectivity index (χ3n) is 9.27. The molecule has 0 aliphatic rings. The van der Waals surface area contributed by atoms with E-state index >= 15 is 0 Å². The summed E-state index contributed by atoms with van der Waals surface area (Å²) in [6.07, 6.45) is 0.894. The SMILES string of the molecule is CCCOc1ccc(-c2nnc(-c3ccc(C#CC(N)(CO)CO)cc3)o2)cc1Cl.CCOc1ccc(-c2nc(-c3ccc4oc(CNC(CO)CO)cc4c3)no2)cc1OCC. The monoisotopic (exact) mass is 880 g/mol. The molecule has 63 heavy (non-hydrogen) atoms. The molecule has 0 radical (unpaired) electrons. The van der Waals surface area contributed by atoms with Crippen LogP contribution in [0.1, 0.15) is 38.5 Å². The molecular formula is C46H49ClN6O10. The number of nitrogens with zero attached hydrogens (tertiary/aromatic N) is 4. The van der Waals surface area contributed by atoms with E-state index in [9.17, 15) is 20.4 Å². The van der Waals surface area contributed by atoms with E-state index in [0.29, 0.717) is 89.0 Å². The number of ether oxygens (including phenoxy) is 3. The first-order chi connectivity index (χ1) is 30.6. The van der Waals surface area contributed by atoms with Crippen molar-refractivity contribution in [2.24, 2.45) is 5.73 Å². The third kappa shape index (κ3) is 12.0. The van der Waals surface area contributed by atoms with Gasteiger partial charge in [-0.25, -0.2) is 0 Å². The van der Waals surface area contributed by atoms with Gasteiger partial charge >= 0.3 is 0 Å². The molecule has 7 rings (SSSR count). The van der Waals surface area contributed by atoms with Crippen LogP contribution >= 0.6 is 11.6 Å². The zero-order chi connectivity index (χ0) is 44.8. The van der Waals surface area contributed by atoms with Crippen LogP contribution in [0.3, 0.4) is 0 Å². The fraction of sp³-hybridized carbons (Fsp3) is 0.304. The highest BCUT2D eigenvalue weighted by atomic mass is 35.5. The standard InChI is InChI=1S/C24H27N3O6.C22H22ClN3O4/c1-3-30-21-8-6-16(11-22(21)31-4-2)24-26-23(27-33-24)15-5-7-20-17(9-15)10-19(32-20)12-25-18(13-28)14-29;1-2-11-29-19-8-7-17(12-18(19)23)21-26-25-20(30-21)16-5-3-15(4-6-16)9-10-22(24,13-27)14-28/h5-11,18,25,28-29H,3-4,12-14H2,1-2H3;3-8,12,27-28H,2,11,13-14,24H2,1H3. The number of aromatic nitrogens is 4. The third-order valence-corrected chi connectivity index (χ3v) is 9.56. The van der Waals surface area contributed by atoms with Crippen LogP contribution in [0.5, 0.6) is 17.2 Å². The quantitative estimate of drug-likeness (QED) is 0.0521. The minimum atomic E-state index is -1.33. The summed E-state index contributed by atoms with van der Waals surface area (Å²) in [6.45, 7) is 6.73. The lowest BCUT2D eigenvalue weighted by molar-refractivity contribution is 0.158. The molecule has 0 aliphatic heterocycles. The molecule has 16 nitrogen and oxygen atoms in total. The van der Waals surface area contributed by atoms with Gasteiger partial charge in [-0.15, -0.1) is 10.2 Å². The summed E-state index contributed by atoms with van der Waals surface area (Å²) < 4.78 is 34.0. The normalized spacial score (nSPS) is 11.3. The van der Waals surface area contributed by atoms with Crippen LogP contribution in [0, 0.1) is 11.8 Å². The minimum Gasteiger partial charge on any atom is -0.492 e. The van der Waals surface area contributed by atoms with Crippen molar-refractivity contribution < 1.29 is 48.0 Å². The molecule has 3 aromatic heterocycles. The number of benzene rings is 4. The number of aliphatic hydroxyl groups excluding tert-OH is 4. The van der Waals surface area contributed by atoms with E-state index in [1.54, 1.807) is 36.4 Å². The van der Waals surface area contributed by atoms with Gasteiger partial charge in [0, 0.05) is 33.2 Å². The maximum atomic E-state index is 9.19. The Morgan fingerprint density at radius 2 is 1.38 bits per heavy atom. The lowest BCUT2D eigenvalue weighted by Gasteiger charge is -2.16. The molecule has 0 amide bonds. The maximum Gasteiger partial charge on any atom is 0.258 e. The minimum absolute atomic E-state index is 0.151. The predicted octanol–water partition coefficient (Wildman–Crippen LogP) is 6.27. The number of hydrogen-bond donors (Lipinski definition) is 6. The molecule has 0 saturated heterocycles. The molecule has 17 heteroatoms. The van der Waals surface area contributed by atoms with Gasteiger partial charge in [0.05, 0.1) is 63.9 Å². The molecule has 0 atom stereocenters. The molecule has 0 bridgehead atoms. The summed E-state index contributed by atoms with van der Waals surface area (Å²) in [4.78, 5) is 4.55. The van der Waals surface area contributed by atoms with Gasteiger partial charge in [-0.2, -0.15) is 4.98 Å². The van der Waals surface area contributed by atoms with Crippen molar-refractivity contribution in [2.75, 3.05) is 46.2 Å². The molecular weight excluding hydrogens is 832 g/mol. The first kappa shape index (κ1) is 46.2. The topological polar surface area (TPSA) is 238 Å². The van der Waals surface area contributed by atoms with E-state index in [1.807, 2.05) is 69.3 Å². The Balaban J connectivity index is 0.000000211. The molecule has 0 fully saturated rings. The van der Waals surface area contributed by atoms with Crippen LogP contribution in [0.25, 0.3) is 56.7 Å². The Morgan fingerprint density at radius 3 is 2.05 bits per heavy atom. The van der Waals surface area contributed by atoms with E-state index in [1.165, 1.54) is 0 Å². The summed E-state index contributed by atoms with van der Waals surface area (Å²) in [6, 6.07) is 25.1. The van der Waals surface area contributed by atoms with E-state index in [0.717, 1.165) is 34.1 Å². The Morgan fingerprint density at radius 1 is 0.730 bits per heavy atom. The Bertz CT molecular complexity index is 2610. The van der Waals surface area contributed by atoms with Gasteiger partial charge in [-0.05, 0) is 105 Å².